The molecule has 0 bridgehead atoms. The lowest BCUT2D eigenvalue weighted by molar-refractivity contribution is -0.143. The average Bonchev–Trinajstić information content (AvgIpc) is 2.39. The predicted octanol–water partition coefficient (Wildman–Crippen LogP) is 2.06. The van der Waals surface area contributed by atoms with Crippen LogP contribution in [0.25, 0.3) is 0 Å². The van der Waals surface area contributed by atoms with Crippen LogP contribution in [0, 0.1) is 5.92 Å². The number of nitrogens with zero attached hydrogens (tertiary/aromatic N) is 2. The molecule has 6 nitrogen and oxygen atoms in total. The maximum Gasteiger partial charge on any atom is 0.323 e. The van der Waals surface area contributed by atoms with Gasteiger partial charge in [0.1, 0.15) is 11.0 Å². The Bertz CT molecular complexity index is 495. The van der Waals surface area contributed by atoms with Crippen molar-refractivity contribution in [1.29, 1.82) is 0 Å². The Morgan fingerprint density at radius 3 is 2.95 bits per heavy atom. The molecule has 1 aromatic rings. The first-order valence-corrected chi connectivity index (χ1v) is 6.35. The molecule has 1 unspecified atom stereocenters. The van der Waals surface area contributed by atoms with Crippen LogP contribution in [-0.2, 0) is 4.79 Å². The number of likely N-dealkylation sites (tertiary alicyclic amines) is 1. The summed E-state index contributed by atoms with van der Waals surface area (Å²) in [6, 6.07) is 4.57. The fourth-order valence-corrected chi connectivity index (χ4v) is 2.19. The zero-order chi connectivity index (χ0) is 13.8. The van der Waals surface area contributed by atoms with Gasteiger partial charge in [-0.2, -0.15) is 0 Å². The van der Waals surface area contributed by atoms with Crippen LogP contribution in [0.3, 0.4) is 0 Å². The average molecular weight is 284 g/mol. The SMILES string of the molecule is O=C(O)C1CCCN(C(=O)Nc2cccc(Cl)n2)C1. The van der Waals surface area contributed by atoms with Gasteiger partial charge in [-0.05, 0) is 25.0 Å². The normalized spacial score (nSPS) is 19.0. The summed E-state index contributed by atoms with van der Waals surface area (Å²) in [6.45, 7) is 0.776. The molecule has 1 aliphatic rings. The van der Waals surface area contributed by atoms with E-state index in [9.17, 15) is 9.59 Å². The van der Waals surface area contributed by atoms with E-state index in [0.29, 0.717) is 30.4 Å². The molecule has 1 fully saturated rings. The molecule has 0 radical (unpaired) electrons. The number of carbonyl (C=O) groups excluding carboxylic acids is 1. The summed E-state index contributed by atoms with van der Waals surface area (Å²) in [7, 11) is 0. The molecular weight excluding hydrogens is 270 g/mol. The molecule has 2 amide bonds. The topological polar surface area (TPSA) is 82.5 Å². The van der Waals surface area contributed by atoms with E-state index in [1.807, 2.05) is 0 Å². The molecule has 1 atom stereocenters. The van der Waals surface area contributed by atoms with E-state index in [0.717, 1.165) is 0 Å². The van der Waals surface area contributed by atoms with E-state index in [-0.39, 0.29) is 12.6 Å². The highest BCUT2D eigenvalue weighted by molar-refractivity contribution is 6.29. The van der Waals surface area contributed by atoms with Crippen LogP contribution in [0.5, 0.6) is 0 Å². The predicted molar refractivity (Wildman–Crippen MR) is 70.2 cm³/mol. The van der Waals surface area contributed by atoms with Crippen LogP contribution >= 0.6 is 11.6 Å². The van der Waals surface area contributed by atoms with Crippen molar-refractivity contribution in [3.05, 3.63) is 23.4 Å². The third-order valence-electron chi connectivity index (χ3n) is 3.01. The van der Waals surface area contributed by atoms with Gasteiger partial charge in [0.2, 0.25) is 0 Å². The Hall–Kier alpha value is -1.82. The number of carboxylic acid groups (broad SMARTS) is 1. The lowest BCUT2D eigenvalue weighted by Gasteiger charge is -2.30. The van der Waals surface area contributed by atoms with E-state index >= 15 is 0 Å². The van der Waals surface area contributed by atoms with E-state index in [1.54, 1.807) is 18.2 Å². The standard InChI is InChI=1S/C12H14ClN3O3/c13-9-4-1-5-10(14-9)15-12(19)16-6-2-3-8(7-16)11(17)18/h1,4-5,8H,2-3,6-7H2,(H,17,18)(H,14,15,19). The maximum absolute atomic E-state index is 12.0. The van der Waals surface area contributed by atoms with Gasteiger partial charge in [-0.25, -0.2) is 9.78 Å². The van der Waals surface area contributed by atoms with Gasteiger partial charge >= 0.3 is 12.0 Å². The molecule has 102 valence electrons. The molecule has 0 spiro atoms. The van der Waals surface area contributed by atoms with Gasteiger partial charge in [0.25, 0.3) is 0 Å². The second-order valence-electron chi connectivity index (χ2n) is 4.40. The number of pyridine rings is 1. The van der Waals surface area contributed by atoms with E-state index in [2.05, 4.69) is 10.3 Å². The number of rotatable bonds is 2. The van der Waals surface area contributed by atoms with Gasteiger partial charge in [0.05, 0.1) is 5.92 Å². The fraction of sp³-hybridized carbons (Fsp3) is 0.417. The number of urea groups is 1. The summed E-state index contributed by atoms with van der Waals surface area (Å²) in [4.78, 5) is 28.4. The molecule has 1 aromatic heterocycles. The van der Waals surface area contributed by atoms with Crippen molar-refractivity contribution < 1.29 is 14.7 Å². The first kappa shape index (κ1) is 13.6. The molecular formula is C12H14ClN3O3. The number of aromatic nitrogens is 1. The van der Waals surface area contributed by atoms with E-state index in [1.165, 1.54) is 4.90 Å². The number of hydrogen-bond donors (Lipinski definition) is 2. The second-order valence-corrected chi connectivity index (χ2v) is 4.79. The first-order valence-electron chi connectivity index (χ1n) is 5.97. The lowest BCUT2D eigenvalue weighted by Crippen LogP contribution is -2.44. The second kappa shape index (κ2) is 5.88. The summed E-state index contributed by atoms with van der Waals surface area (Å²) in [5.41, 5.74) is 0. The molecule has 0 saturated carbocycles. The molecule has 1 aliphatic heterocycles. The maximum atomic E-state index is 12.0. The lowest BCUT2D eigenvalue weighted by atomic mass is 9.99. The van der Waals surface area contributed by atoms with Crippen molar-refractivity contribution >= 4 is 29.4 Å². The minimum Gasteiger partial charge on any atom is -0.481 e. The van der Waals surface area contributed by atoms with Gasteiger partial charge in [0, 0.05) is 13.1 Å². The Balaban J connectivity index is 1.98. The number of carbonyl (C=O) groups is 2. The highest BCUT2D eigenvalue weighted by Crippen LogP contribution is 2.18. The van der Waals surface area contributed by atoms with Crippen LogP contribution in [0.1, 0.15) is 12.8 Å². The van der Waals surface area contributed by atoms with E-state index in [4.69, 9.17) is 16.7 Å². The first-order chi connectivity index (χ1) is 9.06. The number of nitrogens with one attached hydrogen (secondary N) is 1. The summed E-state index contributed by atoms with van der Waals surface area (Å²) >= 11 is 5.73. The van der Waals surface area contributed by atoms with Crippen molar-refractivity contribution in [1.82, 2.24) is 9.88 Å². The van der Waals surface area contributed by atoms with Gasteiger partial charge < -0.3 is 10.0 Å². The Morgan fingerprint density at radius 2 is 2.26 bits per heavy atom. The minimum atomic E-state index is -0.863. The third-order valence-corrected chi connectivity index (χ3v) is 3.22. The highest BCUT2D eigenvalue weighted by atomic mass is 35.5. The Morgan fingerprint density at radius 1 is 1.47 bits per heavy atom. The number of anilines is 1. The number of piperidine rings is 1. The van der Waals surface area contributed by atoms with Crippen LogP contribution in [-0.4, -0.2) is 40.1 Å². The van der Waals surface area contributed by atoms with Crippen LogP contribution in [0.15, 0.2) is 18.2 Å². The quantitative estimate of drug-likeness (QED) is 0.814. The molecule has 1 saturated heterocycles. The Labute approximate surface area is 115 Å². The number of hydrogen-bond acceptors (Lipinski definition) is 3. The third kappa shape index (κ3) is 3.57. The molecule has 2 N–H and O–H groups in total. The largest absolute Gasteiger partial charge is 0.481 e. The van der Waals surface area contributed by atoms with Crippen LogP contribution in [0.4, 0.5) is 10.6 Å². The molecule has 7 heteroatoms. The van der Waals surface area contributed by atoms with Crippen molar-refractivity contribution in [3.63, 3.8) is 0 Å². The number of carboxylic acids is 1. The van der Waals surface area contributed by atoms with Crippen LogP contribution < -0.4 is 5.32 Å². The summed E-state index contributed by atoms with van der Waals surface area (Å²) in [5.74, 6) is -1.000. The smallest absolute Gasteiger partial charge is 0.323 e. The summed E-state index contributed by atoms with van der Waals surface area (Å²) in [5, 5.41) is 11.9. The van der Waals surface area contributed by atoms with Crippen molar-refractivity contribution in [2.45, 2.75) is 12.8 Å². The van der Waals surface area contributed by atoms with Crippen molar-refractivity contribution in [3.8, 4) is 0 Å². The van der Waals surface area contributed by atoms with E-state index < -0.39 is 11.9 Å². The fourth-order valence-electron chi connectivity index (χ4n) is 2.03. The molecule has 0 aliphatic carbocycles. The minimum absolute atomic E-state index is 0.224. The zero-order valence-electron chi connectivity index (χ0n) is 10.2. The van der Waals surface area contributed by atoms with Gasteiger partial charge in [-0.15, -0.1) is 0 Å². The molecule has 19 heavy (non-hydrogen) atoms. The number of amides is 2. The summed E-state index contributed by atoms with van der Waals surface area (Å²) < 4.78 is 0. The van der Waals surface area contributed by atoms with Gasteiger partial charge in [-0.3, -0.25) is 10.1 Å². The number of aliphatic carboxylic acids is 1. The van der Waals surface area contributed by atoms with Gasteiger partial charge in [-0.1, -0.05) is 17.7 Å². The zero-order valence-corrected chi connectivity index (χ0v) is 10.9. The van der Waals surface area contributed by atoms with Gasteiger partial charge in [0.15, 0.2) is 0 Å². The number of halogens is 1. The molecule has 2 heterocycles. The molecule has 0 aromatic carbocycles. The van der Waals surface area contributed by atoms with Crippen molar-refractivity contribution in [2.24, 2.45) is 5.92 Å². The van der Waals surface area contributed by atoms with Crippen molar-refractivity contribution in [2.75, 3.05) is 18.4 Å². The highest BCUT2D eigenvalue weighted by Gasteiger charge is 2.28. The molecule has 2 rings (SSSR count). The van der Waals surface area contributed by atoms with Crippen LogP contribution in [0.2, 0.25) is 5.15 Å². The monoisotopic (exact) mass is 283 g/mol. The Kier molecular flexibility index (Phi) is 4.21. The summed E-state index contributed by atoms with van der Waals surface area (Å²) in [6.07, 6.45) is 1.29.